The van der Waals surface area contributed by atoms with Gasteiger partial charge in [0.2, 0.25) is 11.8 Å². The maximum absolute atomic E-state index is 12.5. The van der Waals surface area contributed by atoms with Crippen LogP contribution in [0.2, 0.25) is 0 Å². The van der Waals surface area contributed by atoms with E-state index in [9.17, 15) is 19.2 Å². The number of carbonyl (C=O) groups excluding carboxylic acids is 2. The van der Waals surface area contributed by atoms with Crippen LogP contribution in [0, 0.1) is 5.92 Å². The SMILES string of the molecule is CC(C)N1CC(C(=O)Nc2cccc3c(=O)[nH][nH]c(=O)c23)CC1=O. The molecule has 3 N–H and O–H groups in total. The van der Waals surface area contributed by atoms with Crippen molar-refractivity contribution in [1.29, 1.82) is 0 Å². The predicted octanol–water partition coefficient (Wildman–Crippen LogP) is 0.412. The molecule has 2 amide bonds. The van der Waals surface area contributed by atoms with Crippen molar-refractivity contribution in [2.24, 2.45) is 5.92 Å². The van der Waals surface area contributed by atoms with E-state index < -0.39 is 17.0 Å². The molecule has 1 aliphatic heterocycles. The van der Waals surface area contributed by atoms with E-state index in [1.54, 1.807) is 17.0 Å². The van der Waals surface area contributed by atoms with Gasteiger partial charge < -0.3 is 10.2 Å². The number of fused-ring (bicyclic) bond motifs is 1. The van der Waals surface area contributed by atoms with Crippen molar-refractivity contribution in [3.8, 4) is 0 Å². The highest BCUT2D eigenvalue weighted by Gasteiger charge is 2.35. The average molecular weight is 330 g/mol. The van der Waals surface area contributed by atoms with Gasteiger partial charge in [0.25, 0.3) is 11.1 Å². The summed E-state index contributed by atoms with van der Waals surface area (Å²) in [5, 5.41) is 7.50. The number of benzene rings is 1. The Hall–Kier alpha value is -2.90. The molecule has 1 aliphatic rings. The second-order valence-corrected chi connectivity index (χ2v) is 6.17. The maximum Gasteiger partial charge on any atom is 0.272 e. The second kappa shape index (κ2) is 5.95. The molecule has 2 aromatic rings. The summed E-state index contributed by atoms with van der Waals surface area (Å²) in [4.78, 5) is 49.9. The molecule has 0 bridgehead atoms. The summed E-state index contributed by atoms with van der Waals surface area (Å²) in [6.07, 6.45) is 0.145. The van der Waals surface area contributed by atoms with Gasteiger partial charge in [-0.2, -0.15) is 0 Å². The van der Waals surface area contributed by atoms with Gasteiger partial charge in [-0.15, -0.1) is 0 Å². The monoisotopic (exact) mass is 330 g/mol. The Morgan fingerprint density at radius 2 is 1.92 bits per heavy atom. The third-order valence-electron chi connectivity index (χ3n) is 4.24. The minimum Gasteiger partial charge on any atom is -0.339 e. The number of aromatic nitrogens is 2. The number of carbonyl (C=O) groups is 2. The lowest BCUT2D eigenvalue weighted by Crippen LogP contribution is -2.33. The molecule has 0 saturated carbocycles. The van der Waals surface area contributed by atoms with Crippen LogP contribution in [0.25, 0.3) is 10.8 Å². The summed E-state index contributed by atoms with van der Waals surface area (Å²) in [5.41, 5.74) is -0.671. The average Bonchev–Trinajstić information content (AvgIpc) is 2.93. The van der Waals surface area contributed by atoms with E-state index >= 15 is 0 Å². The molecule has 24 heavy (non-hydrogen) atoms. The van der Waals surface area contributed by atoms with Crippen molar-refractivity contribution in [3.05, 3.63) is 38.9 Å². The van der Waals surface area contributed by atoms with Gasteiger partial charge >= 0.3 is 0 Å². The number of likely N-dealkylation sites (tertiary alicyclic amines) is 1. The molecule has 3 rings (SSSR count). The van der Waals surface area contributed by atoms with Crippen LogP contribution in [0.5, 0.6) is 0 Å². The fourth-order valence-electron chi connectivity index (χ4n) is 2.97. The Kier molecular flexibility index (Phi) is 3.96. The van der Waals surface area contributed by atoms with Crippen LogP contribution in [-0.4, -0.2) is 39.5 Å². The van der Waals surface area contributed by atoms with Crippen LogP contribution in [-0.2, 0) is 9.59 Å². The lowest BCUT2D eigenvalue weighted by Gasteiger charge is -2.20. The summed E-state index contributed by atoms with van der Waals surface area (Å²) in [6, 6.07) is 4.70. The molecule has 0 spiro atoms. The second-order valence-electron chi connectivity index (χ2n) is 6.17. The van der Waals surface area contributed by atoms with Crippen molar-refractivity contribution in [2.75, 3.05) is 11.9 Å². The molecule has 0 aliphatic carbocycles. The van der Waals surface area contributed by atoms with Gasteiger partial charge in [0.15, 0.2) is 0 Å². The first-order chi connectivity index (χ1) is 11.4. The fraction of sp³-hybridized carbons (Fsp3) is 0.375. The summed E-state index contributed by atoms with van der Waals surface area (Å²) < 4.78 is 0. The number of hydrogen-bond acceptors (Lipinski definition) is 4. The summed E-state index contributed by atoms with van der Waals surface area (Å²) in [6.45, 7) is 4.15. The van der Waals surface area contributed by atoms with E-state index in [2.05, 4.69) is 15.5 Å². The minimum absolute atomic E-state index is 0.0364. The van der Waals surface area contributed by atoms with Gasteiger partial charge in [-0.25, -0.2) is 0 Å². The van der Waals surface area contributed by atoms with Gasteiger partial charge in [-0.1, -0.05) is 6.07 Å². The van der Waals surface area contributed by atoms with Crippen LogP contribution in [0.15, 0.2) is 27.8 Å². The number of nitrogens with one attached hydrogen (secondary N) is 3. The van der Waals surface area contributed by atoms with Crippen LogP contribution in [0.4, 0.5) is 5.69 Å². The molecule has 2 heterocycles. The first-order valence-electron chi connectivity index (χ1n) is 7.72. The Morgan fingerprint density at radius 1 is 1.21 bits per heavy atom. The number of anilines is 1. The third kappa shape index (κ3) is 2.70. The van der Waals surface area contributed by atoms with Crippen molar-refractivity contribution < 1.29 is 9.59 Å². The molecule has 0 radical (unpaired) electrons. The summed E-state index contributed by atoms with van der Waals surface area (Å²) in [7, 11) is 0. The van der Waals surface area contributed by atoms with Crippen molar-refractivity contribution in [2.45, 2.75) is 26.3 Å². The lowest BCUT2D eigenvalue weighted by molar-refractivity contribution is -0.129. The fourth-order valence-corrected chi connectivity index (χ4v) is 2.97. The predicted molar refractivity (Wildman–Crippen MR) is 88.8 cm³/mol. The minimum atomic E-state index is -0.494. The molecule has 1 aromatic heterocycles. The van der Waals surface area contributed by atoms with Gasteiger partial charge in [0, 0.05) is 19.0 Å². The zero-order chi connectivity index (χ0) is 17.4. The molecule has 126 valence electrons. The number of aromatic amines is 2. The van der Waals surface area contributed by atoms with Gasteiger partial charge in [-0.3, -0.25) is 29.4 Å². The maximum atomic E-state index is 12.5. The molecule has 1 aromatic carbocycles. The van der Waals surface area contributed by atoms with Crippen LogP contribution < -0.4 is 16.4 Å². The van der Waals surface area contributed by atoms with E-state index in [0.717, 1.165) is 0 Å². The molecular formula is C16H18N4O4. The van der Waals surface area contributed by atoms with Crippen molar-refractivity contribution >= 4 is 28.3 Å². The van der Waals surface area contributed by atoms with Crippen molar-refractivity contribution in [3.63, 3.8) is 0 Å². The van der Waals surface area contributed by atoms with E-state index in [4.69, 9.17) is 0 Å². The Bertz CT molecular complexity index is 928. The summed E-state index contributed by atoms with van der Waals surface area (Å²) in [5.74, 6) is -0.868. The first-order valence-corrected chi connectivity index (χ1v) is 7.72. The quantitative estimate of drug-likeness (QED) is 0.756. The highest BCUT2D eigenvalue weighted by atomic mass is 16.2. The standard InChI is InChI=1S/C16H18N4O4/c1-8(2)20-7-9(6-12(20)21)14(22)17-11-5-3-4-10-13(11)16(24)19-18-15(10)23/h3-5,8-9H,6-7H2,1-2H3,(H,17,22)(H,18,23)(H,19,24). The molecule has 1 fully saturated rings. The smallest absolute Gasteiger partial charge is 0.272 e. The third-order valence-corrected chi connectivity index (χ3v) is 4.24. The molecule has 1 atom stereocenters. The highest BCUT2D eigenvalue weighted by Crippen LogP contribution is 2.23. The number of H-pyrrole nitrogens is 2. The Balaban J connectivity index is 1.90. The lowest BCUT2D eigenvalue weighted by atomic mass is 10.1. The van der Waals surface area contributed by atoms with Gasteiger partial charge in [0.05, 0.1) is 22.4 Å². The first kappa shape index (κ1) is 16.0. The number of amides is 2. The molecule has 8 heteroatoms. The topological polar surface area (TPSA) is 115 Å². The Labute approximate surface area is 136 Å². The number of rotatable bonds is 3. The van der Waals surface area contributed by atoms with Crippen LogP contribution >= 0.6 is 0 Å². The van der Waals surface area contributed by atoms with E-state index in [-0.39, 0.29) is 40.7 Å². The van der Waals surface area contributed by atoms with Gasteiger partial charge in [-0.05, 0) is 26.0 Å². The molecular weight excluding hydrogens is 312 g/mol. The van der Waals surface area contributed by atoms with Crippen LogP contribution in [0.1, 0.15) is 20.3 Å². The van der Waals surface area contributed by atoms with E-state index in [1.165, 1.54) is 6.07 Å². The van der Waals surface area contributed by atoms with E-state index in [1.807, 2.05) is 13.8 Å². The van der Waals surface area contributed by atoms with E-state index in [0.29, 0.717) is 6.54 Å². The van der Waals surface area contributed by atoms with Crippen molar-refractivity contribution in [1.82, 2.24) is 15.1 Å². The molecule has 1 saturated heterocycles. The Morgan fingerprint density at radius 3 is 2.58 bits per heavy atom. The normalized spacial score (nSPS) is 17.7. The zero-order valence-corrected chi connectivity index (χ0v) is 13.4. The van der Waals surface area contributed by atoms with Gasteiger partial charge in [0.1, 0.15) is 0 Å². The number of hydrogen-bond donors (Lipinski definition) is 3. The molecule has 1 unspecified atom stereocenters. The highest BCUT2D eigenvalue weighted by molar-refractivity contribution is 6.03. The van der Waals surface area contributed by atoms with Crippen LogP contribution in [0.3, 0.4) is 0 Å². The number of nitrogens with zero attached hydrogens (tertiary/aromatic N) is 1. The largest absolute Gasteiger partial charge is 0.339 e. The zero-order valence-electron chi connectivity index (χ0n) is 13.4. The molecule has 8 nitrogen and oxygen atoms in total. The summed E-state index contributed by atoms with van der Waals surface area (Å²) >= 11 is 0.